The molecule has 4 heteroatoms. The Kier molecular flexibility index (Phi) is 3.77. The summed E-state index contributed by atoms with van der Waals surface area (Å²) in [6.45, 7) is 3.89. The number of halogens is 1. The van der Waals surface area contributed by atoms with Gasteiger partial charge in [-0.25, -0.2) is 0 Å². The van der Waals surface area contributed by atoms with E-state index in [0.29, 0.717) is 11.3 Å². The first kappa shape index (κ1) is 13.4. The van der Waals surface area contributed by atoms with Crippen LogP contribution in [-0.2, 0) is 0 Å². The number of anilines is 1. The Labute approximate surface area is 120 Å². The Balaban J connectivity index is 2.37. The van der Waals surface area contributed by atoms with Gasteiger partial charge in [0.2, 0.25) is 0 Å². The lowest BCUT2D eigenvalue weighted by Crippen LogP contribution is -1.94. The van der Waals surface area contributed by atoms with Gasteiger partial charge < -0.3 is 10.5 Å². The van der Waals surface area contributed by atoms with Crippen molar-refractivity contribution >= 4 is 21.6 Å². The molecule has 0 spiro atoms. The highest BCUT2D eigenvalue weighted by molar-refractivity contribution is 9.10. The monoisotopic (exact) mass is 316 g/mol. The number of hydrogen-bond donors (Lipinski definition) is 1. The van der Waals surface area contributed by atoms with E-state index in [1.807, 2.05) is 26.0 Å². The highest BCUT2D eigenvalue weighted by Gasteiger charge is 2.08. The summed E-state index contributed by atoms with van der Waals surface area (Å²) < 4.78 is 6.61. The van der Waals surface area contributed by atoms with Gasteiger partial charge in [-0.05, 0) is 71.2 Å². The van der Waals surface area contributed by atoms with E-state index in [0.717, 1.165) is 27.0 Å². The van der Waals surface area contributed by atoms with E-state index in [2.05, 4.69) is 22.0 Å². The molecule has 3 nitrogen and oxygen atoms in total. The summed E-state index contributed by atoms with van der Waals surface area (Å²) in [5.74, 6) is 1.43. The summed E-state index contributed by atoms with van der Waals surface area (Å²) in [7, 11) is 0. The third-order valence-electron chi connectivity index (χ3n) is 2.84. The zero-order valence-corrected chi connectivity index (χ0v) is 12.3. The Hall–Kier alpha value is -1.99. The molecule has 0 radical (unpaired) electrons. The van der Waals surface area contributed by atoms with Gasteiger partial charge in [0, 0.05) is 5.69 Å². The number of hydrogen-bond acceptors (Lipinski definition) is 3. The smallest absolute Gasteiger partial charge is 0.141 e. The molecule has 0 atom stereocenters. The zero-order valence-electron chi connectivity index (χ0n) is 10.7. The molecule has 0 bridgehead atoms. The molecule has 0 saturated heterocycles. The second-order valence-corrected chi connectivity index (χ2v) is 5.19. The largest absolute Gasteiger partial charge is 0.456 e. The number of nitrogens with two attached hydrogens (primary N) is 1. The van der Waals surface area contributed by atoms with Crippen LogP contribution in [0.3, 0.4) is 0 Å². The molecule has 0 saturated carbocycles. The standard InChI is InChI=1S/C15H13BrN2O/c1-9-6-15(10(2)5-13(9)18)19-14-4-3-11(8-17)7-12(14)16/h3-7H,18H2,1-2H3. The van der Waals surface area contributed by atoms with Gasteiger partial charge in [-0.1, -0.05) is 0 Å². The summed E-state index contributed by atoms with van der Waals surface area (Å²) in [6.07, 6.45) is 0. The molecular formula is C15H13BrN2O. The molecule has 2 aromatic carbocycles. The molecule has 0 fully saturated rings. The van der Waals surface area contributed by atoms with Crippen LogP contribution in [0.5, 0.6) is 11.5 Å². The van der Waals surface area contributed by atoms with E-state index >= 15 is 0 Å². The average Bonchev–Trinajstić information content (AvgIpc) is 2.38. The molecule has 2 N–H and O–H groups in total. The summed E-state index contributed by atoms with van der Waals surface area (Å²) in [6, 6.07) is 11.1. The molecule has 0 heterocycles. The summed E-state index contributed by atoms with van der Waals surface area (Å²) in [4.78, 5) is 0. The van der Waals surface area contributed by atoms with Crippen molar-refractivity contribution in [3.8, 4) is 17.6 Å². The van der Waals surface area contributed by atoms with Gasteiger partial charge in [-0.15, -0.1) is 0 Å². The topological polar surface area (TPSA) is 59.0 Å². The molecule has 2 aromatic rings. The van der Waals surface area contributed by atoms with Crippen LogP contribution in [0.25, 0.3) is 0 Å². The van der Waals surface area contributed by atoms with E-state index < -0.39 is 0 Å². The second-order valence-electron chi connectivity index (χ2n) is 4.33. The fourth-order valence-corrected chi connectivity index (χ4v) is 2.15. The maximum atomic E-state index is 8.83. The van der Waals surface area contributed by atoms with Crippen LogP contribution < -0.4 is 10.5 Å². The first-order valence-electron chi connectivity index (χ1n) is 5.75. The molecule has 0 aliphatic rings. The zero-order chi connectivity index (χ0) is 14.0. The number of aryl methyl sites for hydroxylation is 2. The van der Waals surface area contributed by atoms with Gasteiger partial charge in [0.25, 0.3) is 0 Å². The average molecular weight is 317 g/mol. The van der Waals surface area contributed by atoms with Crippen LogP contribution in [0, 0.1) is 25.2 Å². The first-order valence-corrected chi connectivity index (χ1v) is 6.55. The number of nitrogens with zero attached hydrogens (tertiary/aromatic N) is 1. The predicted octanol–water partition coefficient (Wildman–Crippen LogP) is 4.31. The first-order chi connectivity index (χ1) is 9.01. The molecule has 96 valence electrons. The minimum Gasteiger partial charge on any atom is -0.456 e. The fourth-order valence-electron chi connectivity index (χ4n) is 1.69. The van der Waals surface area contributed by atoms with Crippen LogP contribution in [0.1, 0.15) is 16.7 Å². The van der Waals surface area contributed by atoms with E-state index in [4.69, 9.17) is 15.7 Å². The minimum absolute atomic E-state index is 0.587. The van der Waals surface area contributed by atoms with Crippen LogP contribution >= 0.6 is 15.9 Å². The third-order valence-corrected chi connectivity index (χ3v) is 3.46. The number of nitrogen functional groups attached to an aromatic ring is 1. The minimum atomic E-state index is 0.587. The van der Waals surface area contributed by atoms with Crippen molar-refractivity contribution in [3.63, 3.8) is 0 Å². The van der Waals surface area contributed by atoms with E-state index in [1.54, 1.807) is 18.2 Å². The second kappa shape index (κ2) is 5.33. The lowest BCUT2D eigenvalue weighted by Gasteiger charge is -2.12. The van der Waals surface area contributed by atoms with Crippen molar-refractivity contribution in [2.24, 2.45) is 0 Å². The van der Waals surface area contributed by atoms with Crippen molar-refractivity contribution in [1.29, 1.82) is 5.26 Å². The van der Waals surface area contributed by atoms with Crippen LogP contribution in [0.15, 0.2) is 34.8 Å². The molecular weight excluding hydrogens is 304 g/mol. The molecule has 0 aliphatic carbocycles. The van der Waals surface area contributed by atoms with Crippen molar-refractivity contribution in [2.75, 3.05) is 5.73 Å². The third kappa shape index (κ3) is 2.88. The van der Waals surface area contributed by atoms with Gasteiger partial charge in [0.1, 0.15) is 11.5 Å². The number of ether oxygens (including phenoxy) is 1. The Bertz CT molecular complexity index is 675. The number of benzene rings is 2. The van der Waals surface area contributed by atoms with Crippen molar-refractivity contribution in [1.82, 2.24) is 0 Å². The highest BCUT2D eigenvalue weighted by Crippen LogP contribution is 2.33. The maximum Gasteiger partial charge on any atom is 0.141 e. The Morgan fingerprint density at radius 1 is 1.11 bits per heavy atom. The highest BCUT2D eigenvalue weighted by atomic mass is 79.9. The van der Waals surface area contributed by atoms with E-state index in [9.17, 15) is 0 Å². The Morgan fingerprint density at radius 2 is 1.84 bits per heavy atom. The normalized spacial score (nSPS) is 10.0. The SMILES string of the molecule is Cc1cc(Oc2ccc(C#N)cc2Br)c(C)cc1N. The molecule has 2 rings (SSSR count). The van der Waals surface area contributed by atoms with Crippen molar-refractivity contribution in [2.45, 2.75) is 13.8 Å². The Morgan fingerprint density at radius 3 is 2.47 bits per heavy atom. The fraction of sp³-hybridized carbons (Fsp3) is 0.133. The number of nitriles is 1. The summed E-state index contributed by atoms with van der Waals surface area (Å²) >= 11 is 3.40. The van der Waals surface area contributed by atoms with Crippen LogP contribution in [-0.4, -0.2) is 0 Å². The molecule has 0 amide bonds. The van der Waals surface area contributed by atoms with Gasteiger partial charge >= 0.3 is 0 Å². The lowest BCUT2D eigenvalue weighted by molar-refractivity contribution is 0.475. The molecule has 0 aromatic heterocycles. The van der Waals surface area contributed by atoms with Crippen molar-refractivity contribution in [3.05, 3.63) is 51.5 Å². The van der Waals surface area contributed by atoms with Crippen LogP contribution in [0.4, 0.5) is 5.69 Å². The van der Waals surface area contributed by atoms with Gasteiger partial charge in [0.15, 0.2) is 0 Å². The van der Waals surface area contributed by atoms with Gasteiger partial charge in [0.05, 0.1) is 16.1 Å². The van der Waals surface area contributed by atoms with Gasteiger partial charge in [-0.3, -0.25) is 0 Å². The molecule has 0 unspecified atom stereocenters. The summed E-state index contributed by atoms with van der Waals surface area (Å²) in [5, 5.41) is 8.83. The number of rotatable bonds is 2. The maximum absolute atomic E-state index is 8.83. The lowest BCUT2D eigenvalue weighted by atomic mass is 10.1. The van der Waals surface area contributed by atoms with Crippen LogP contribution in [0.2, 0.25) is 0 Å². The van der Waals surface area contributed by atoms with E-state index in [-0.39, 0.29) is 0 Å². The van der Waals surface area contributed by atoms with Gasteiger partial charge in [-0.2, -0.15) is 5.26 Å². The summed E-state index contributed by atoms with van der Waals surface area (Å²) in [5.41, 5.74) is 9.14. The van der Waals surface area contributed by atoms with Crippen molar-refractivity contribution < 1.29 is 4.74 Å². The predicted molar refractivity (Wildman–Crippen MR) is 79.3 cm³/mol. The quantitative estimate of drug-likeness (QED) is 0.840. The molecule has 0 aliphatic heterocycles. The van der Waals surface area contributed by atoms with E-state index in [1.165, 1.54) is 0 Å². The molecule has 19 heavy (non-hydrogen) atoms.